The number of aliphatic hydroxyl groups is 2. The zero-order valence-electron chi connectivity index (χ0n) is 22.8. The van der Waals surface area contributed by atoms with E-state index in [0.717, 1.165) is 12.0 Å². The summed E-state index contributed by atoms with van der Waals surface area (Å²) in [5.74, 6) is -0.0137. The summed E-state index contributed by atoms with van der Waals surface area (Å²) in [5.41, 5.74) is 14.5. The van der Waals surface area contributed by atoms with Gasteiger partial charge in [-0.25, -0.2) is 0 Å². The van der Waals surface area contributed by atoms with Crippen LogP contribution in [0.4, 0.5) is 0 Å². The molecule has 6 N–H and O–H groups in total. The number of ether oxygens (including phenoxy) is 2. The molecule has 0 spiro atoms. The van der Waals surface area contributed by atoms with E-state index in [9.17, 15) is 15.0 Å². The first kappa shape index (κ1) is 32.0. The molecule has 0 amide bonds. The molecule has 204 valence electrons. The second kappa shape index (κ2) is 16.7. The Labute approximate surface area is 217 Å². The van der Waals surface area contributed by atoms with Gasteiger partial charge in [0.25, 0.3) is 0 Å². The van der Waals surface area contributed by atoms with Crippen LogP contribution in [0.5, 0.6) is 0 Å². The lowest BCUT2D eigenvalue weighted by atomic mass is 9.88. The predicted octanol–water partition coefficient (Wildman–Crippen LogP) is 3.72. The Morgan fingerprint density at radius 2 is 1.92 bits per heavy atom. The minimum Gasteiger partial charge on any atom is -0.469 e. The van der Waals surface area contributed by atoms with Gasteiger partial charge >= 0.3 is 5.97 Å². The Balaban J connectivity index is 2.56. The molecule has 7 nitrogen and oxygen atoms in total. The molecular weight excluding hydrogens is 456 g/mol. The Hall–Kier alpha value is -2.03. The molecule has 1 saturated heterocycles. The first-order valence-corrected chi connectivity index (χ1v) is 12.9. The van der Waals surface area contributed by atoms with Gasteiger partial charge in [0.05, 0.1) is 37.9 Å². The summed E-state index contributed by atoms with van der Waals surface area (Å²) in [6.07, 6.45) is 15.9. The van der Waals surface area contributed by atoms with Crippen LogP contribution >= 0.6 is 0 Å². The number of methoxy groups -OCH3 is 1. The van der Waals surface area contributed by atoms with Crippen molar-refractivity contribution < 1.29 is 24.5 Å². The monoisotopic (exact) mass is 504 g/mol. The van der Waals surface area contributed by atoms with E-state index in [0.29, 0.717) is 18.8 Å². The van der Waals surface area contributed by atoms with E-state index in [1.165, 1.54) is 12.7 Å². The highest BCUT2D eigenvalue weighted by Crippen LogP contribution is 2.28. The van der Waals surface area contributed by atoms with E-state index in [4.69, 9.17) is 16.2 Å². The Morgan fingerprint density at radius 3 is 2.56 bits per heavy atom. The van der Waals surface area contributed by atoms with Crippen LogP contribution in [0.3, 0.4) is 0 Å². The first-order valence-electron chi connectivity index (χ1n) is 12.9. The van der Waals surface area contributed by atoms with Crippen molar-refractivity contribution in [3.8, 4) is 0 Å². The first-order chi connectivity index (χ1) is 17.0. The zero-order chi connectivity index (χ0) is 27.3. The predicted molar refractivity (Wildman–Crippen MR) is 146 cm³/mol. The fraction of sp³-hybridized carbons (Fsp3) is 0.621. The standard InChI is InChI=1S/C29H48N2O5/c1-7-9-27-22(5)26(33)18-28(36-27)25(31)11-8-10-19(2)14-21(4)15-20(3)12-13-24(32)16-23(30)17-29(34)35-6/h7-13,15,21-28,32-33H,14,16-18,30-31H2,1-6H3/b9-7+,11-8+,13-12+,19-10+,20-15-/t21?,22?,23?,24?,25-,26+,27-,28-/m0/s1. The SMILES string of the molecule is C/C=C/[C@@H]1O[C@H]([C@@H](N)/C=C/C=C(\C)CC(C)/C=C(C)\C=C\C(O)CC(N)CC(=O)OC)C[C@@H](O)C1C. The number of rotatable bonds is 13. The van der Waals surface area contributed by atoms with Gasteiger partial charge in [-0.3, -0.25) is 4.79 Å². The average Bonchev–Trinajstić information content (AvgIpc) is 2.80. The molecule has 0 radical (unpaired) electrons. The third kappa shape index (κ3) is 12.3. The van der Waals surface area contributed by atoms with Crippen LogP contribution in [0.2, 0.25) is 0 Å². The third-order valence-electron chi connectivity index (χ3n) is 6.43. The second-order valence-electron chi connectivity index (χ2n) is 10.1. The summed E-state index contributed by atoms with van der Waals surface area (Å²) in [6.45, 7) is 10.2. The van der Waals surface area contributed by atoms with Gasteiger partial charge in [-0.15, -0.1) is 0 Å². The molecule has 7 heteroatoms. The summed E-state index contributed by atoms with van der Waals surface area (Å²) in [7, 11) is 1.32. The summed E-state index contributed by atoms with van der Waals surface area (Å²) in [5, 5.41) is 20.5. The molecule has 1 rings (SSSR count). The fourth-order valence-corrected chi connectivity index (χ4v) is 4.35. The van der Waals surface area contributed by atoms with Crippen LogP contribution < -0.4 is 11.5 Å². The van der Waals surface area contributed by atoms with Crippen LogP contribution in [0.1, 0.15) is 60.3 Å². The maximum absolute atomic E-state index is 11.3. The lowest BCUT2D eigenvalue weighted by Gasteiger charge is -2.38. The summed E-state index contributed by atoms with van der Waals surface area (Å²) >= 11 is 0. The van der Waals surface area contributed by atoms with Crippen LogP contribution in [-0.2, 0) is 14.3 Å². The van der Waals surface area contributed by atoms with E-state index in [1.54, 1.807) is 6.08 Å². The number of aliphatic hydroxyl groups excluding tert-OH is 2. The number of allylic oxidation sites excluding steroid dienone is 7. The molecule has 0 aromatic rings. The van der Waals surface area contributed by atoms with Crippen molar-refractivity contribution in [2.45, 2.75) is 96.8 Å². The lowest BCUT2D eigenvalue weighted by Crippen LogP contribution is -2.48. The molecule has 8 atom stereocenters. The highest BCUT2D eigenvalue weighted by molar-refractivity contribution is 5.69. The molecule has 0 aromatic heterocycles. The normalized spacial score (nSPS) is 27.5. The second-order valence-corrected chi connectivity index (χ2v) is 10.1. The molecule has 1 fully saturated rings. The van der Waals surface area contributed by atoms with Gasteiger partial charge in [0.1, 0.15) is 0 Å². The Bertz CT molecular complexity index is 816. The summed E-state index contributed by atoms with van der Waals surface area (Å²) in [6, 6.07) is -0.733. The maximum Gasteiger partial charge on any atom is 0.307 e. The van der Waals surface area contributed by atoms with Gasteiger partial charge in [-0.05, 0) is 39.5 Å². The molecule has 1 aliphatic heterocycles. The van der Waals surface area contributed by atoms with E-state index in [2.05, 4.69) is 30.7 Å². The highest BCUT2D eigenvalue weighted by atomic mass is 16.5. The van der Waals surface area contributed by atoms with Crippen molar-refractivity contribution in [2.75, 3.05) is 7.11 Å². The summed E-state index contributed by atoms with van der Waals surface area (Å²) in [4.78, 5) is 11.3. The minimum absolute atomic E-state index is 0.0519. The molecule has 0 aromatic carbocycles. The minimum atomic E-state index is -0.718. The van der Waals surface area contributed by atoms with Crippen molar-refractivity contribution in [2.24, 2.45) is 23.3 Å². The van der Waals surface area contributed by atoms with Crippen molar-refractivity contribution in [3.05, 3.63) is 59.8 Å². The van der Waals surface area contributed by atoms with E-state index < -0.39 is 18.2 Å². The van der Waals surface area contributed by atoms with Gasteiger partial charge < -0.3 is 31.2 Å². The quantitative estimate of drug-likeness (QED) is 0.171. The van der Waals surface area contributed by atoms with Gasteiger partial charge in [-0.2, -0.15) is 0 Å². The molecule has 0 bridgehead atoms. The van der Waals surface area contributed by atoms with Crippen molar-refractivity contribution in [3.63, 3.8) is 0 Å². The number of esters is 1. The topological polar surface area (TPSA) is 128 Å². The number of nitrogens with two attached hydrogens (primary N) is 2. The molecule has 4 unspecified atom stereocenters. The fourth-order valence-electron chi connectivity index (χ4n) is 4.35. The number of hydrogen-bond donors (Lipinski definition) is 4. The molecule has 36 heavy (non-hydrogen) atoms. The largest absolute Gasteiger partial charge is 0.469 e. The van der Waals surface area contributed by atoms with Gasteiger partial charge in [0.2, 0.25) is 0 Å². The van der Waals surface area contributed by atoms with E-state index in [1.807, 2.05) is 51.2 Å². The zero-order valence-corrected chi connectivity index (χ0v) is 22.8. The van der Waals surface area contributed by atoms with Gasteiger partial charge in [-0.1, -0.05) is 73.6 Å². The maximum atomic E-state index is 11.3. The lowest BCUT2D eigenvalue weighted by molar-refractivity contribution is -0.141. The third-order valence-corrected chi connectivity index (χ3v) is 6.43. The average molecular weight is 505 g/mol. The van der Waals surface area contributed by atoms with Crippen LogP contribution in [0, 0.1) is 11.8 Å². The van der Waals surface area contributed by atoms with Crippen LogP contribution in [0.25, 0.3) is 0 Å². The molecule has 1 heterocycles. The number of carbonyl (C=O) groups is 1. The Morgan fingerprint density at radius 1 is 1.22 bits per heavy atom. The van der Waals surface area contributed by atoms with Crippen LogP contribution in [-0.4, -0.2) is 59.8 Å². The molecule has 0 saturated carbocycles. The number of carbonyl (C=O) groups excluding carboxylic acids is 1. The van der Waals surface area contributed by atoms with Crippen molar-refractivity contribution in [1.82, 2.24) is 0 Å². The molecular formula is C29H48N2O5. The van der Waals surface area contributed by atoms with Crippen LogP contribution in [0.15, 0.2) is 59.8 Å². The van der Waals surface area contributed by atoms with Gasteiger partial charge in [0.15, 0.2) is 0 Å². The van der Waals surface area contributed by atoms with Gasteiger partial charge in [0, 0.05) is 24.4 Å². The van der Waals surface area contributed by atoms with Crippen molar-refractivity contribution >= 4 is 5.97 Å². The smallest absolute Gasteiger partial charge is 0.307 e. The Kier molecular flexibility index (Phi) is 14.8. The molecule has 0 aliphatic carbocycles. The summed E-state index contributed by atoms with van der Waals surface area (Å²) < 4.78 is 10.7. The van der Waals surface area contributed by atoms with Crippen molar-refractivity contribution in [1.29, 1.82) is 0 Å². The van der Waals surface area contributed by atoms with E-state index in [-0.39, 0.29) is 36.6 Å². The highest BCUT2D eigenvalue weighted by Gasteiger charge is 2.35. The van der Waals surface area contributed by atoms with E-state index >= 15 is 0 Å². The number of hydrogen-bond acceptors (Lipinski definition) is 7. The molecule has 1 aliphatic rings.